The number of carbonyl (C=O) groups is 1. The number of para-hydroxylation sites is 1. The summed E-state index contributed by atoms with van der Waals surface area (Å²) in [6, 6.07) is 8.60. The molecular formula is C16H24N2O. The third-order valence-electron chi connectivity index (χ3n) is 3.74. The van der Waals surface area contributed by atoms with E-state index in [1.165, 1.54) is 18.4 Å². The summed E-state index contributed by atoms with van der Waals surface area (Å²) in [7, 11) is 0. The molecule has 1 aliphatic rings. The van der Waals surface area contributed by atoms with Crippen LogP contribution in [0.25, 0.3) is 0 Å². The maximum absolute atomic E-state index is 12.0. The van der Waals surface area contributed by atoms with E-state index in [0.29, 0.717) is 18.4 Å². The van der Waals surface area contributed by atoms with Crippen LogP contribution < -0.4 is 10.6 Å². The number of amides is 1. The minimum atomic E-state index is 0.127. The van der Waals surface area contributed by atoms with Gasteiger partial charge in [-0.25, -0.2) is 0 Å². The van der Waals surface area contributed by atoms with Crippen LogP contribution in [0.3, 0.4) is 0 Å². The van der Waals surface area contributed by atoms with Crippen molar-refractivity contribution in [2.45, 2.75) is 51.5 Å². The van der Waals surface area contributed by atoms with E-state index in [9.17, 15) is 4.79 Å². The first-order chi connectivity index (χ1) is 9.16. The summed E-state index contributed by atoms with van der Waals surface area (Å²) in [5, 5.41) is 6.47. The van der Waals surface area contributed by atoms with Crippen molar-refractivity contribution in [3.8, 4) is 0 Å². The molecule has 1 aliphatic heterocycles. The summed E-state index contributed by atoms with van der Waals surface area (Å²) in [5.41, 5.74) is 2.16. The van der Waals surface area contributed by atoms with Crippen LogP contribution in [0.1, 0.15) is 51.0 Å². The molecule has 1 unspecified atom stereocenters. The van der Waals surface area contributed by atoms with Crippen LogP contribution in [0, 0.1) is 0 Å². The Labute approximate surface area is 115 Å². The van der Waals surface area contributed by atoms with Crippen molar-refractivity contribution in [2.75, 3.05) is 11.9 Å². The third-order valence-corrected chi connectivity index (χ3v) is 3.74. The fourth-order valence-electron chi connectivity index (χ4n) is 2.64. The van der Waals surface area contributed by atoms with Gasteiger partial charge < -0.3 is 10.6 Å². The third kappa shape index (κ3) is 4.06. The summed E-state index contributed by atoms with van der Waals surface area (Å²) in [6.07, 6.45) is 3.98. The molecule has 1 amide bonds. The highest BCUT2D eigenvalue weighted by Crippen LogP contribution is 2.24. The largest absolute Gasteiger partial charge is 0.326 e. The average molecular weight is 260 g/mol. The molecule has 1 fully saturated rings. The summed E-state index contributed by atoms with van der Waals surface area (Å²) in [4.78, 5) is 12.0. The Bertz CT molecular complexity index is 423. The van der Waals surface area contributed by atoms with Gasteiger partial charge in [0.25, 0.3) is 0 Å². The molecule has 1 atom stereocenters. The van der Waals surface area contributed by atoms with Crippen molar-refractivity contribution in [1.82, 2.24) is 5.32 Å². The van der Waals surface area contributed by atoms with Gasteiger partial charge in [0.15, 0.2) is 0 Å². The van der Waals surface area contributed by atoms with Crippen molar-refractivity contribution in [2.24, 2.45) is 0 Å². The van der Waals surface area contributed by atoms with Gasteiger partial charge in [-0.3, -0.25) is 4.79 Å². The van der Waals surface area contributed by atoms with Gasteiger partial charge in [0.05, 0.1) is 0 Å². The quantitative estimate of drug-likeness (QED) is 0.853. The van der Waals surface area contributed by atoms with E-state index in [0.717, 1.165) is 18.7 Å². The van der Waals surface area contributed by atoms with Gasteiger partial charge in [-0.2, -0.15) is 0 Å². The minimum absolute atomic E-state index is 0.127. The van der Waals surface area contributed by atoms with Gasteiger partial charge in [0.2, 0.25) is 5.91 Å². The predicted molar refractivity (Wildman–Crippen MR) is 79.4 cm³/mol. The molecule has 0 aliphatic carbocycles. The van der Waals surface area contributed by atoms with Gasteiger partial charge in [-0.05, 0) is 43.4 Å². The number of hydrogen-bond acceptors (Lipinski definition) is 2. The number of benzene rings is 1. The van der Waals surface area contributed by atoms with E-state index in [4.69, 9.17) is 0 Å². The second kappa shape index (κ2) is 6.71. The van der Waals surface area contributed by atoms with E-state index in [1.807, 2.05) is 18.2 Å². The highest BCUT2D eigenvalue weighted by Gasteiger charge is 2.16. The van der Waals surface area contributed by atoms with E-state index in [-0.39, 0.29) is 5.91 Å². The summed E-state index contributed by atoms with van der Waals surface area (Å²) in [5.74, 6) is 0.551. The molecule has 2 N–H and O–H groups in total. The average Bonchev–Trinajstić information content (AvgIpc) is 2.90. The Morgan fingerprint density at radius 1 is 1.42 bits per heavy atom. The molecule has 0 saturated carbocycles. The molecule has 19 heavy (non-hydrogen) atoms. The Morgan fingerprint density at radius 3 is 2.89 bits per heavy atom. The lowest BCUT2D eigenvalue weighted by Gasteiger charge is -2.14. The number of nitrogens with one attached hydrogen (secondary N) is 2. The first-order valence-corrected chi connectivity index (χ1v) is 7.29. The van der Waals surface area contributed by atoms with Gasteiger partial charge >= 0.3 is 0 Å². The molecule has 1 saturated heterocycles. The van der Waals surface area contributed by atoms with Crippen molar-refractivity contribution in [3.05, 3.63) is 29.8 Å². The molecule has 0 radical (unpaired) electrons. The summed E-state index contributed by atoms with van der Waals surface area (Å²) in [6.45, 7) is 5.39. The Hall–Kier alpha value is -1.35. The SMILES string of the molecule is CC(C)c1ccccc1NC(=O)CCC1CCCN1. The highest BCUT2D eigenvalue weighted by atomic mass is 16.1. The second-order valence-corrected chi connectivity index (χ2v) is 5.62. The number of carbonyl (C=O) groups excluding carboxylic acids is 1. The Balaban J connectivity index is 1.87. The topological polar surface area (TPSA) is 41.1 Å². The molecule has 1 aromatic rings. The van der Waals surface area contributed by atoms with Crippen LogP contribution in [0.2, 0.25) is 0 Å². The number of hydrogen-bond donors (Lipinski definition) is 2. The van der Waals surface area contributed by atoms with Crippen LogP contribution >= 0.6 is 0 Å². The van der Waals surface area contributed by atoms with Crippen LogP contribution in [0.4, 0.5) is 5.69 Å². The minimum Gasteiger partial charge on any atom is -0.326 e. The van der Waals surface area contributed by atoms with Gasteiger partial charge in [0.1, 0.15) is 0 Å². The highest BCUT2D eigenvalue weighted by molar-refractivity contribution is 5.91. The molecule has 0 bridgehead atoms. The molecule has 0 spiro atoms. The van der Waals surface area contributed by atoms with Gasteiger partial charge in [-0.15, -0.1) is 0 Å². The lowest BCUT2D eigenvalue weighted by Crippen LogP contribution is -2.23. The van der Waals surface area contributed by atoms with Crippen LogP contribution in [0.5, 0.6) is 0 Å². The monoisotopic (exact) mass is 260 g/mol. The summed E-state index contributed by atoms with van der Waals surface area (Å²) < 4.78 is 0. The summed E-state index contributed by atoms with van der Waals surface area (Å²) >= 11 is 0. The molecule has 1 aromatic carbocycles. The zero-order chi connectivity index (χ0) is 13.7. The molecule has 104 valence electrons. The number of anilines is 1. The predicted octanol–water partition coefficient (Wildman–Crippen LogP) is 3.28. The molecule has 3 nitrogen and oxygen atoms in total. The first-order valence-electron chi connectivity index (χ1n) is 7.29. The zero-order valence-corrected chi connectivity index (χ0v) is 11.9. The standard InChI is InChI=1S/C16H24N2O/c1-12(2)14-7-3-4-8-15(14)18-16(19)10-9-13-6-5-11-17-13/h3-4,7-8,12-13,17H,5-6,9-11H2,1-2H3,(H,18,19). The van der Waals surface area contributed by atoms with Gasteiger partial charge in [-0.1, -0.05) is 32.0 Å². The normalized spacial score (nSPS) is 18.8. The smallest absolute Gasteiger partial charge is 0.224 e. The van der Waals surface area contributed by atoms with Crippen molar-refractivity contribution in [1.29, 1.82) is 0 Å². The van der Waals surface area contributed by atoms with E-state index in [1.54, 1.807) is 0 Å². The maximum atomic E-state index is 12.0. The zero-order valence-electron chi connectivity index (χ0n) is 11.9. The first kappa shape index (κ1) is 14.1. The lowest BCUT2D eigenvalue weighted by molar-refractivity contribution is -0.116. The molecule has 0 aromatic heterocycles. The van der Waals surface area contributed by atoms with E-state index < -0.39 is 0 Å². The van der Waals surface area contributed by atoms with Crippen LogP contribution in [-0.4, -0.2) is 18.5 Å². The Morgan fingerprint density at radius 2 is 2.21 bits per heavy atom. The molecular weight excluding hydrogens is 236 g/mol. The van der Waals surface area contributed by atoms with Crippen molar-refractivity contribution < 1.29 is 4.79 Å². The molecule has 1 heterocycles. The fourth-order valence-corrected chi connectivity index (χ4v) is 2.64. The Kier molecular flexibility index (Phi) is 4.97. The van der Waals surface area contributed by atoms with Crippen LogP contribution in [-0.2, 0) is 4.79 Å². The second-order valence-electron chi connectivity index (χ2n) is 5.62. The van der Waals surface area contributed by atoms with E-state index >= 15 is 0 Å². The maximum Gasteiger partial charge on any atom is 0.224 e. The lowest BCUT2D eigenvalue weighted by atomic mass is 10.0. The van der Waals surface area contributed by atoms with Crippen molar-refractivity contribution >= 4 is 11.6 Å². The number of rotatable bonds is 5. The van der Waals surface area contributed by atoms with Gasteiger partial charge in [0, 0.05) is 18.2 Å². The van der Waals surface area contributed by atoms with Crippen LogP contribution in [0.15, 0.2) is 24.3 Å². The molecule has 2 rings (SSSR count). The van der Waals surface area contributed by atoms with Crippen molar-refractivity contribution in [3.63, 3.8) is 0 Å². The molecule has 3 heteroatoms. The van der Waals surface area contributed by atoms with E-state index in [2.05, 4.69) is 30.5 Å². The fraction of sp³-hybridized carbons (Fsp3) is 0.562.